The standard InChI is InChI=1S/C22H26ClF4N3O3/c23-17-4-3-15(5-18(17)24)33-11-19(31)30-21-6-12(7-21)16(8-21)20(32)29-10-14-2-1-13(9-28-14)22(25,26)27/h3-5,12-14,16,28H,1-2,6-11H2,(H,29,32)(H,30,31). The van der Waals surface area contributed by atoms with Gasteiger partial charge in [0.15, 0.2) is 6.61 Å². The molecule has 3 unspecified atom stereocenters. The number of benzene rings is 1. The molecule has 0 spiro atoms. The molecular formula is C22H26ClF4N3O3. The number of amides is 2. The zero-order valence-electron chi connectivity index (χ0n) is 17.8. The van der Waals surface area contributed by atoms with Crippen molar-refractivity contribution in [2.45, 2.75) is 49.9 Å². The average molecular weight is 492 g/mol. The molecule has 1 aromatic carbocycles. The van der Waals surface area contributed by atoms with E-state index < -0.39 is 23.5 Å². The Kier molecular flexibility index (Phi) is 6.77. The lowest BCUT2D eigenvalue weighted by Crippen LogP contribution is -2.53. The van der Waals surface area contributed by atoms with Crippen LogP contribution >= 0.6 is 11.6 Å². The zero-order valence-corrected chi connectivity index (χ0v) is 18.6. The summed E-state index contributed by atoms with van der Waals surface area (Å²) in [7, 11) is 0. The molecule has 4 aliphatic rings. The maximum absolute atomic E-state index is 13.5. The minimum atomic E-state index is -4.19. The number of piperidine rings is 1. The van der Waals surface area contributed by atoms with Crippen LogP contribution in [0.4, 0.5) is 17.6 Å². The molecule has 182 valence electrons. The Hall–Kier alpha value is -2.07. The van der Waals surface area contributed by atoms with Crippen LogP contribution < -0.4 is 20.7 Å². The normalized spacial score (nSPS) is 30.9. The molecule has 1 aliphatic heterocycles. The minimum absolute atomic E-state index is 0.0359. The summed E-state index contributed by atoms with van der Waals surface area (Å²) >= 11 is 5.62. The molecule has 0 aromatic heterocycles. The molecule has 33 heavy (non-hydrogen) atoms. The number of rotatable bonds is 7. The lowest BCUT2D eigenvalue weighted by molar-refractivity contribution is -0.179. The van der Waals surface area contributed by atoms with E-state index in [1.54, 1.807) is 0 Å². The zero-order chi connectivity index (χ0) is 23.8. The smallest absolute Gasteiger partial charge is 0.393 e. The number of halogens is 5. The van der Waals surface area contributed by atoms with Crippen LogP contribution in [-0.2, 0) is 9.59 Å². The first-order chi connectivity index (χ1) is 15.5. The SMILES string of the molecule is O=C(COc1ccc(Cl)c(F)c1)NC12CC(C1)C(C(=O)NCC1CCC(C(F)(F)F)CN1)C2. The quantitative estimate of drug-likeness (QED) is 0.512. The van der Waals surface area contributed by atoms with Crippen LogP contribution in [0.3, 0.4) is 0 Å². The van der Waals surface area contributed by atoms with Crippen LogP contribution in [0.1, 0.15) is 32.1 Å². The van der Waals surface area contributed by atoms with Gasteiger partial charge < -0.3 is 20.7 Å². The van der Waals surface area contributed by atoms with Gasteiger partial charge in [-0.25, -0.2) is 4.39 Å². The number of nitrogens with one attached hydrogen (secondary N) is 3. The van der Waals surface area contributed by atoms with Gasteiger partial charge in [0, 0.05) is 36.7 Å². The number of hydrogen-bond donors (Lipinski definition) is 3. The van der Waals surface area contributed by atoms with Gasteiger partial charge in [0.25, 0.3) is 5.91 Å². The van der Waals surface area contributed by atoms with Crippen molar-refractivity contribution < 1.29 is 31.9 Å². The predicted octanol–water partition coefficient (Wildman–Crippen LogP) is 3.19. The fourth-order valence-electron chi connectivity index (χ4n) is 5.21. The summed E-state index contributed by atoms with van der Waals surface area (Å²) in [5, 5.41) is 8.65. The molecule has 11 heteroatoms. The average Bonchev–Trinajstić information content (AvgIpc) is 3.28. The molecule has 3 N–H and O–H groups in total. The van der Waals surface area contributed by atoms with Gasteiger partial charge in [-0.3, -0.25) is 9.59 Å². The molecule has 2 bridgehead atoms. The van der Waals surface area contributed by atoms with Crippen molar-refractivity contribution in [3.63, 3.8) is 0 Å². The number of alkyl halides is 3. The van der Waals surface area contributed by atoms with Crippen molar-refractivity contribution in [2.24, 2.45) is 17.8 Å². The molecular weight excluding hydrogens is 466 g/mol. The number of carbonyl (C=O) groups excluding carboxylic acids is 2. The largest absolute Gasteiger partial charge is 0.484 e. The summed E-state index contributed by atoms with van der Waals surface area (Å²) in [6, 6.07) is 3.74. The molecule has 5 rings (SSSR count). The van der Waals surface area contributed by atoms with Gasteiger partial charge >= 0.3 is 6.18 Å². The lowest BCUT2D eigenvalue weighted by Gasteiger charge is -2.39. The molecule has 1 aromatic rings. The van der Waals surface area contributed by atoms with Crippen LogP contribution in [0.2, 0.25) is 5.02 Å². The highest BCUT2D eigenvalue weighted by Crippen LogP contribution is 2.55. The molecule has 3 aliphatic carbocycles. The van der Waals surface area contributed by atoms with Gasteiger partial charge in [0.1, 0.15) is 11.6 Å². The molecule has 4 fully saturated rings. The topological polar surface area (TPSA) is 79.5 Å². The third-order valence-corrected chi connectivity index (χ3v) is 7.30. The summed E-state index contributed by atoms with van der Waals surface area (Å²) in [5.74, 6) is -2.32. The fraction of sp³-hybridized carbons (Fsp3) is 0.636. The van der Waals surface area contributed by atoms with Crippen molar-refractivity contribution >= 4 is 23.4 Å². The Morgan fingerprint density at radius 3 is 2.61 bits per heavy atom. The second-order valence-corrected chi connectivity index (χ2v) is 9.75. The minimum Gasteiger partial charge on any atom is -0.484 e. The van der Waals surface area contributed by atoms with E-state index in [4.69, 9.17) is 16.3 Å². The molecule has 1 heterocycles. The van der Waals surface area contributed by atoms with Gasteiger partial charge in [0.05, 0.1) is 10.9 Å². The first-order valence-electron chi connectivity index (χ1n) is 11.0. The van der Waals surface area contributed by atoms with E-state index in [1.165, 1.54) is 12.1 Å². The second kappa shape index (κ2) is 9.29. The van der Waals surface area contributed by atoms with Crippen LogP contribution in [-0.4, -0.2) is 49.3 Å². The second-order valence-electron chi connectivity index (χ2n) is 9.34. The fourth-order valence-corrected chi connectivity index (χ4v) is 5.33. The van der Waals surface area contributed by atoms with E-state index in [0.717, 1.165) is 6.07 Å². The first kappa shape index (κ1) is 24.1. The third-order valence-electron chi connectivity index (χ3n) is 6.99. The van der Waals surface area contributed by atoms with Crippen molar-refractivity contribution in [3.05, 3.63) is 29.0 Å². The van der Waals surface area contributed by atoms with Gasteiger partial charge in [-0.1, -0.05) is 11.6 Å². The summed E-state index contributed by atoms with van der Waals surface area (Å²) in [6.07, 6.45) is -1.87. The maximum atomic E-state index is 13.5. The predicted molar refractivity (Wildman–Crippen MR) is 112 cm³/mol. The van der Waals surface area contributed by atoms with Crippen LogP contribution in [0, 0.1) is 23.6 Å². The Bertz CT molecular complexity index is 899. The summed E-state index contributed by atoms with van der Waals surface area (Å²) in [5.41, 5.74) is -0.443. The lowest BCUT2D eigenvalue weighted by atomic mass is 9.76. The van der Waals surface area contributed by atoms with Crippen molar-refractivity contribution in [1.82, 2.24) is 16.0 Å². The van der Waals surface area contributed by atoms with E-state index in [0.29, 0.717) is 25.7 Å². The van der Waals surface area contributed by atoms with Gasteiger partial charge in [0.2, 0.25) is 5.91 Å². The summed E-state index contributed by atoms with van der Waals surface area (Å²) < 4.78 is 57.1. The van der Waals surface area contributed by atoms with E-state index in [2.05, 4.69) is 16.0 Å². The highest BCUT2D eigenvalue weighted by Gasteiger charge is 2.58. The van der Waals surface area contributed by atoms with Crippen molar-refractivity contribution in [2.75, 3.05) is 19.7 Å². The Morgan fingerprint density at radius 1 is 1.21 bits per heavy atom. The van der Waals surface area contributed by atoms with Gasteiger partial charge in [-0.05, 0) is 50.2 Å². The number of ether oxygens (including phenoxy) is 1. The summed E-state index contributed by atoms with van der Waals surface area (Å²) in [4.78, 5) is 25.0. The van der Waals surface area contributed by atoms with Crippen LogP contribution in [0.5, 0.6) is 5.75 Å². The monoisotopic (exact) mass is 491 g/mol. The van der Waals surface area contributed by atoms with Gasteiger partial charge in [-0.2, -0.15) is 13.2 Å². The number of carbonyl (C=O) groups is 2. The van der Waals surface area contributed by atoms with Crippen molar-refractivity contribution in [3.8, 4) is 5.75 Å². The van der Waals surface area contributed by atoms with E-state index in [-0.39, 0.29) is 66.6 Å². The Labute approximate surface area is 193 Å². The van der Waals surface area contributed by atoms with Crippen LogP contribution in [0.15, 0.2) is 18.2 Å². The Balaban J connectivity index is 1.18. The molecule has 2 amide bonds. The van der Waals surface area contributed by atoms with Gasteiger partial charge in [-0.15, -0.1) is 0 Å². The molecule has 3 atom stereocenters. The summed E-state index contributed by atoms with van der Waals surface area (Å²) in [6.45, 7) is -0.121. The Morgan fingerprint density at radius 2 is 1.97 bits per heavy atom. The van der Waals surface area contributed by atoms with Crippen molar-refractivity contribution in [1.29, 1.82) is 0 Å². The molecule has 1 saturated heterocycles. The van der Waals surface area contributed by atoms with Crippen LogP contribution in [0.25, 0.3) is 0 Å². The number of hydrogen-bond acceptors (Lipinski definition) is 4. The van der Waals surface area contributed by atoms with E-state index >= 15 is 0 Å². The maximum Gasteiger partial charge on any atom is 0.393 e. The van der Waals surface area contributed by atoms with E-state index in [1.807, 2.05) is 0 Å². The number of fused-ring (bicyclic) bond motifs is 1. The van der Waals surface area contributed by atoms with E-state index in [9.17, 15) is 27.2 Å². The highest BCUT2D eigenvalue weighted by molar-refractivity contribution is 6.30. The molecule has 6 nitrogen and oxygen atoms in total. The first-order valence-corrected chi connectivity index (χ1v) is 11.4. The third kappa shape index (κ3) is 5.54. The molecule has 3 saturated carbocycles. The molecule has 0 radical (unpaired) electrons. The highest BCUT2D eigenvalue weighted by atomic mass is 35.5.